The Morgan fingerprint density at radius 3 is 2.03 bits per heavy atom. The second kappa shape index (κ2) is 10.8. The molecular formula is C25H34ClN3O4S. The number of nitrogens with one attached hydrogen (secondary N) is 1. The van der Waals surface area contributed by atoms with Gasteiger partial charge in [0.25, 0.3) is 0 Å². The van der Waals surface area contributed by atoms with Crippen molar-refractivity contribution in [3.63, 3.8) is 0 Å². The van der Waals surface area contributed by atoms with Crippen molar-refractivity contribution in [2.45, 2.75) is 59.7 Å². The predicted molar refractivity (Wildman–Crippen MR) is 137 cm³/mol. The van der Waals surface area contributed by atoms with E-state index < -0.39 is 34.1 Å². The molecule has 1 N–H and O–H groups in total. The number of halogens is 1. The van der Waals surface area contributed by atoms with E-state index in [1.54, 1.807) is 57.2 Å². The number of benzene rings is 2. The lowest BCUT2D eigenvalue weighted by Gasteiger charge is -2.33. The lowest BCUT2D eigenvalue weighted by Crippen LogP contribution is -2.54. The van der Waals surface area contributed by atoms with Gasteiger partial charge in [-0.15, -0.1) is 0 Å². The molecule has 0 aromatic heterocycles. The number of carbonyl (C=O) groups is 2. The Balaban J connectivity index is 2.45. The van der Waals surface area contributed by atoms with Crippen molar-refractivity contribution < 1.29 is 18.0 Å². The predicted octanol–water partition coefficient (Wildman–Crippen LogP) is 4.05. The number of rotatable bonds is 8. The number of carbonyl (C=O) groups excluding carboxylic acids is 2. The highest BCUT2D eigenvalue weighted by Crippen LogP contribution is 2.27. The summed E-state index contributed by atoms with van der Waals surface area (Å²) in [7, 11) is -3.78. The van der Waals surface area contributed by atoms with Gasteiger partial charge in [-0.1, -0.05) is 41.9 Å². The minimum absolute atomic E-state index is 0.124. The molecule has 186 valence electrons. The molecule has 0 heterocycles. The second-order valence-corrected chi connectivity index (χ2v) is 11.9. The van der Waals surface area contributed by atoms with Gasteiger partial charge in [-0.25, -0.2) is 8.42 Å². The Morgan fingerprint density at radius 2 is 1.56 bits per heavy atom. The molecule has 2 rings (SSSR count). The first-order chi connectivity index (χ1) is 15.6. The van der Waals surface area contributed by atoms with Crippen LogP contribution < -0.4 is 9.62 Å². The highest BCUT2D eigenvalue weighted by Gasteiger charge is 2.32. The minimum Gasteiger partial charge on any atom is -0.350 e. The first-order valence-electron chi connectivity index (χ1n) is 11.0. The third kappa shape index (κ3) is 7.46. The van der Waals surface area contributed by atoms with E-state index >= 15 is 0 Å². The van der Waals surface area contributed by atoms with Crippen molar-refractivity contribution in [3.8, 4) is 0 Å². The van der Waals surface area contributed by atoms with E-state index in [1.165, 1.54) is 4.90 Å². The van der Waals surface area contributed by atoms with Crippen molar-refractivity contribution in [3.05, 3.63) is 64.2 Å². The van der Waals surface area contributed by atoms with Crippen LogP contribution in [0, 0.1) is 13.8 Å². The molecule has 1 atom stereocenters. The number of aryl methyl sites for hydroxylation is 2. The van der Waals surface area contributed by atoms with Gasteiger partial charge in [0.2, 0.25) is 21.8 Å². The monoisotopic (exact) mass is 507 g/mol. The fraction of sp³-hybridized carbons (Fsp3) is 0.440. The average Bonchev–Trinajstić information content (AvgIpc) is 2.69. The molecule has 0 saturated carbocycles. The summed E-state index contributed by atoms with van der Waals surface area (Å²) < 4.78 is 26.6. The highest BCUT2D eigenvalue weighted by molar-refractivity contribution is 7.92. The van der Waals surface area contributed by atoms with Gasteiger partial charge in [-0.05, 0) is 70.4 Å². The molecule has 0 fully saturated rings. The summed E-state index contributed by atoms with van der Waals surface area (Å²) in [6, 6.07) is 11.6. The highest BCUT2D eigenvalue weighted by atomic mass is 35.5. The Labute approximate surface area is 208 Å². The van der Waals surface area contributed by atoms with E-state index in [-0.39, 0.29) is 12.5 Å². The average molecular weight is 508 g/mol. The van der Waals surface area contributed by atoms with Crippen LogP contribution in [0.5, 0.6) is 0 Å². The van der Waals surface area contributed by atoms with Crippen LogP contribution in [0.25, 0.3) is 0 Å². The van der Waals surface area contributed by atoms with Crippen molar-refractivity contribution >= 4 is 39.1 Å². The third-order valence-corrected chi connectivity index (χ3v) is 6.66. The second-order valence-electron chi connectivity index (χ2n) is 9.57. The molecule has 0 spiro atoms. The summed E-state index contributed by atoms with van der Waals surface area (Å²) in [6.07, 6.45) is 1.07. The largest absolute Gasteiger partial charge is 0.350 e. The summed E-state index contributed by atoms with van der Waals surface area (Å²) in [5.74, 6) is -0.813. The van der Waals surface area contributed by atoms with Gasteiger partial charge in [0.05, 0.1) is 11.9 Å². The topological polar surface area (TPSA) is 86.8 Å². The molecule has 0 aliphatic rings. The number of sulfonamides is 1. The van der Waals surface area contributed by atoms with Crippen LogP contribution >= 0.6 is 11.6 Å². The van der Waals surface area contributed by atoms with E-state index in [0.717, 1.165) is 27.3 Å². The molecule has 34 heavy (non-hydrogen) atoms. The van der Waals surface area contributed by atoms with E-state index in [9.17, 15) is 18.0 Å². The zero-order chi connectivity index (χ0) is 25.8. The molecule has 0 bridgehead atoms. The van der Waals surface area contributed by atoms with Gasteiger partial charge in [-0.3, -0.25) is 13.9 Å². The third-order valence-electron chi connectivity index (χ3n) is 5.30. The van der Waals surface area contributed by atoms with Gasteiger partial charge in [-0.2, -0.15) is 0 Å². The lowest BCUT2D eigenvalue weighted by atomic mass is 10.1. The van der Waals surface area contributed by atoms with Crippen LogP contribution in [0.4, 0.5) is 5.69 Å². The van der Waals surface area contributed by atoms with Crippen molar-refractivity contribution in [1.82, 2.24) is 10.2 Å². The van der Waals surface area contributed by atoms with E-state index in [1.807, 2.05) is 26.8 Å². The molecule has 2 aromatic carbocycles. The Bertz CT molecular complexity index is 1120. The number of hydrogen-bond donors (Lipinski definition) is 1. The van der Waals surface area contributed by atoms with Crippen molar-refractivity contribution in [1.29, 1.82) is 0 Å². The maximum atomic E-state index is 13.6. The van der Waals surface area contributed by atoms with Gasteiger partial charge < -0.3 is 10.2 Å². The fourth-order valence-corrected chi connectivity index (χ4v) is 4.71. The fourth-order valence-electron chi connectivity index (χ4n) is 3.62. The van der Waals surface area contributed by atoms with Crippen LogP contribution in [0.15, 0.2) is 42.5 Å². The van der Waals surface area contributed by atoms with Crippen LogP contribution in [0.1, 0.15) is 44.4 Å². The first-order valence-corrected chi connectivity index (χ1v) is 13.2. The van der Waals surface area contributed by atoms with Crippen LogP contribution in [-0.2, 0) is 26.2 Å². The summed E-state index contributed by atoms with van der Waals surface area (Å²) >= 11 is 5.99. The minimum atomic E-state index is -3.78. The van der Waals surface area contributed by atoms with Gasteiger partial charge >= 0.3 is 0 Å². The quantitative estimate of drug-likeness (QED) is 0.583. The van der Waals surface area contributed by atoms with Crippen LogP contribution in [0.2, 0.25) is 5.02 Å². The molecule has 9 heteroatoms. The molecule has 0 aliphatic heterocycles. The number of para-hydroxylation sites is 1. The maximum absolute atomic E-state index is 13.6. The SMILES string of the molecule is Cc1cccc(C)c1N(CC(=O)N(Cc1ccc(Cl)cc1)[C@@H](C)C(=O)NC(C)(C)C)S(C)(=O)=O. The van der Waals surface area contributed by atoms with Gasteiger partial charge in [0, 0.05) is 17.1 Å². The van der Waals surface area contributed by atoms with Crippen LogP contribution in [0.3, 0.4) is 0 Å². The van der Waals surface area contributed by atoms with E-state index in [4.69, 9.17) is 11.6 Å². The number of amides is 2. The molecular weight excluding hydrogens is 474 g/mol. The molecule has 0 radical (unpaired) electrons. The van der Waals surface area contributed by atoms with Gasteiger partial charge in [0.15, 0.2) is 0 Å². The molecule has 7 nitrogen and oxygen atoms in total. The summed E-state index contributed by atoms with van der Waals surface area (Å²) in [5.41, 5.74) is 2.22. The first kappa shape index (κ1) is 27.7. The molecule has 2 amide bonds. The van der Waals surface area contributed by atoms with Crippen LogP contribution in [-0.4, -0.2) is 49.5 Å². The lowest BCUT2D eigenvalue weighted by molar-refractivity contribution is -0.140. The zero-order valence-electron chi connectivity index (χ0n) is 20.8. The number of anilines is 1. The Morgan fingerprint density at radius 1 is 1.03 bits per heavy atom. The Hall–Kier alpha value is -2.58. The zero-order valence-corrected chi connectivity index (χ0v) is 22.4. The molecule has 0 unspecified atom stereocenters. The molecule has 0 aliphatic carbocycles. The summed E-state index contributed by atoms with van der Waals surface area (Å²) in [6.45, 7) is 10.5. The number of nitrogens with zero attached hydrogens (tertiary/aromatic N) is 2. The van der Waals surface area contributed by atoms with Gasteiger partial charge in [0.1, 0.15) is 12.6 Å². The van der Waals surface area contributed by atoms with Crippen molar-refractivity contribution in [2.75, 3.05) is 17.1 Å². The molecule has 2 aromatic rings. The van der Waals surface area contributed by atoms with E-state index in [0.29, 0.717) is 10.7 Å². The number of hydrogen-bond acceptors (Lipinski definition) is 4. The Kier molecular flexibility index (Phi) is 8.77. The van der Waals surface area contributed by atoms with Crippen molar-refractivity contribution in [2.24, 2.45) is 0 Å². The summed E-state index contributed by atoms with van der Waals surface area (Å²) in [5, 5.41) is 3.45. The maximum Gasteiger partial charge on any atom is 0.244 e. The summed E-state index contributed by atoms with van der Waals surface area (Å²) in [4.78, 5) is 27.9. The molecule has 0 saturated heterocycles. The smallest absolute Gasteiger partial charge is 0.244 e. The van der Waals surface area contributed by atoms with E-state index in [2.05, 4.69) is 5.32 Å². The standard InChI is InChI=1S/C25H34ClN3O4S/c1-17-9-8-10-18(2)23(17)29(34(7,32)33)16-22(30)28(15-20-11-13-21(26)14-12-20)19(3)24(31)27-25(4,5)6/h8-14,19H,15-16H2,1-7H3,(H,27,31)/t19-/m0/s1. The normalized spacial score (nSPS) is 12.7.